The second-order valence-electron chi connectivity index (χ2n) is 6.47. The number of rotatable bonds is 8. The molecule has 0 radical (unpaired) electrons. The summed E-state index contributed by atoms with van der Waals surface area (Å²) in [6, 6.07) is 8.09. The molecule has 1 aliphatic carbocycles. The molecular weight excluding hydrogens is 334 g/mol. The molecule has 6 heteroatoms. The van der Waals surface area contributed by atoms with Crippen LogP contribution in [0, 0.1) is 0 Å². The van der Waals surface area contributed by atoms with Crippen molar-refractivity contribution in [2.24, 2.45) is 0 Å². The summed E-state index contributed by atoms with van der Waals surface area (Å²) in [5.41, 5.74) is 1.12. The quantitative estimate of drug-likeness (QED) is 0.759. The minimum Gasteiger partial charge on any atom is -0.490 e. The van der Waals surface area contributed by atoms with Crippen LogP contribution in [0.5, 0.6) is 5.75 Å². The van der Waals surface area contributed by atoms with Crippen LogP contribution in [-0.2, 0) is 17.6 Å². The van der Waals surface area contributed by atoms with E-state index in [2.05, 4.69) is 28.5 Å². The molecule has 0 unspecified atom stereocenters. The van der Waals surface area contributed by atoms with Crippen LogP contribution in [-0.4, -0.2) is 22.2 Å². The molecular formula is C19H25N3O2S. The molecule has 1 aromatic carbocycles. The molecule has 25 heavy (non-hydrogen) atoms. The van der Waals surface area contributed by atoms with Crippen molar-refractivity contribution >= 4 is 22.4 Å². The zero-order valence-electron chi connectivity index (χ0n) is 14.7. The largest absolute Gasteiger partial charge is 0.490 e. The predicted molar refractivity (Wildman–Crippen MR) is 100 cm³/mol. The molecule has 1 aromatic heterocycles. The molecule has 1 aliphatic rings. The SMILES string of the molecule is CCCc1nnc(NC(=O)CCc2cccc(OC3CCCC3)c2)s1. The summed E-state index contributed by atoms with van der Waals surface area (Å²) in [5, 5.41) is 12.5. The third-order valence-electron chi connectivity index (χ3n) is 4.32. The fourth-order valence-electron chi connectivity index (χ4n) is 3.03. The molecule has 134 valence electrons. The van der Waals surface area contributed by atoms with E-state index >= 15 is 0 Å². The summed E-state index contributed by atoms with van der Waals surface area (Å²) in [5.74, 6) is 0.888. The topological polar surface area (TPSA) is 64.1 Å². The first kappa shape index (κ1) is 17.9. The van der Waals surface area contributed by atoms with Gasteiger partial charge in [0.25, 0.3) is 0 Å². The van der Waals surface area contributed by atoms with Gasteiger partial charge in [0.05, 0.1) is 6.10 Å². The lowest BCUT2D eigenvalue weighted by molar-refractivity contribution is -0.116. The minimum atomic E-state index is -0.0266. The number of benzene rings is 1. The Kier molecular flexibility index (Phi) is 6.39. The van der Waals surface area contributed by atoms with Crippen LogP contribution in [0.25, 0.3) is 0 Å². The number of amides is 1. The van der Waals surface area contributed by atoms with Crippen LogP contribution in [0.2, 0.25) is 0 Å². The van der Waals surface area contributed by atoms with E-state index in [4.69, 9.17) is 4.74 Å². The Balaban J connectivity index is 1.47. The highest BCUT2D eigenvalue weighted by molar-refractivity contribution is 7.15. The van der Waals surface area contributed by atoms with Gasteiger partial charge in [0.2, 0.25) is 11.0 Å². The number of ether oxygens (including phenoxy) is 1. The van der Waals surface area contributed by atoms with Gasteiger partial charge in [-0.2, -0.15) is 0 Å². The van der Waals surface area contributed by atoms with E-state index in [1.54, 1.807) is 0 Å². The van der Waals surface area contributed by atoms with Gasteiger partial charge in [0.15, 0.2) is 0 Å². The summed E-state index contributed by atoms with van der Waals surface area (Å²) < 4.78 is 6.03. The van der Waals surface area contributed by atoms with Crippen molar-refractivity contribution in [1.82, 2.24) is 10.2 Å². The normalized spacial score (nSPS) is 14.6. The number of aryl methyl sites for hydroxylation is 2. The number of hydrogen-bond donors (Lipinski definition) is 1. The molecule has 1 N–H and O–H groups in total. The minimum absolute atomic E-state index is 0.0266. The van der Waals surface area contributed by atoms with Gasteiger partial charge >= 0.3 is 0 Å². The Morgan fingerprint density at radius 1 is 1.28 bits per heavy atom. The Labute approximate surface area is 152 Å². The Bertz CT molecular complexity index is 695. The van der Waals surface area contributed by atoms with Gasteiger partial charge in [0, 0.05) is 12.8 Å². The number of nitrogens with one attached hydrogen (secondary N) is 1. The van der Waals surface area contributed by atoms with Crippen LogP contribution >= 0.6 is 11.3 Å². The molecule has 1 heterocycles. The molecule has 1 amide bonds. The van der Waals surface area contributed by atoms with Crippen molar-refractivity contribution in [2.75, 3.05) is 5.32 Å². The fraction of sp³-hybridized carbons (Fsp3) is 0.526. The highest BCUT2D eigenvalue weighted by Crippen LogP contribution is 2.25. The van der Waals surface area contributed by atoms with Gasteiger partial charge in [-0.15, -0.1) is 10.2 Å². The van der Waals surface area contributed by atoms with E-state index in [0.717, 1.165) is 42.0 Å². The molecule has 0 aliphatic heterocycles. The number of nitrogens with zero attached hydrogens (tertiary/aromatic N) is 2. The molecule has 0 saturated heterocycles. The first-order valence-corrected chi connectivity index (χ1v) is 9.92. The molecule has 3 rings (SSSR count). The zero-order chi connectivity index (χ0) is 17.5. The average molecular weight is 359 g/mol. The lowest BCUT2D eigenvalue weighted by Crippen LogP contribution is -2.12. The number of carbonyl (C=O) groups excluding carboxylic acids is 1. The highest BCUT2D eigenvalue weighted by Gasteiger charge is 2.16. The summed E-state index contributed by atoms with van der Waals surface area (Å²) in [4.78, 5) is 12.1. The highest BCUT2D eigenvalue weighted by atomic mass is 32.1. The first-order chi connectivity index (χ1) is 12.2. The number of aromatic nitrogens is 2. The Morgan fingerprint density at radius 2 is 2.12 bits per heavy atom. The van der Waals surface area contributed by atoms with E-state index in [-0.39, 0.29) is 5.91 Å². The molecule has 0 spiro atoms. The van der Waals surface area contributed by atoms with Gasteiger partial charge < -0.3 is 10.1 Å². The van der Waals surface area contributed by atoms with E-state index in [9.17, 15) is 4.79 Å². The number of anilines is 1. The van der Waals surface area contributed by atoms with E-state index < -0.39 is 0 Å². The van der Waals surface area contributed by atoms with Crippen molar-refractivity contribution < 1.29 is 9.53 Å². The van der Waals surface area contributed by atoms with E-state index in [0.29, 0.717) is 24.1 Å². The third-order valence-corrected chi connectivity index (χ3v) is 5.22. The summed E-state index contributed by atoms with van der Waals surface area (Å²) >= 11 is 1.45. The van der Waals surface area contributed by atoms with Crippen molar-refractivity contribution in [3.05, 3.63) is 34.8 Å². The molecule has 1 fully saturated rings. The summed E-state index contributed by atoms with van der Waals surface area (Å²) in [6.07, 6.45) is 8.22. The Hall–Kier alpha value is -1.95. The van der Waals surface area contributed by atoms with Crippen LogP contribution < -0.4 is 10.1 Å². The van der Waals surface area contributed by atoms with Gasteiger partial charge in [-0.05, 0) is 56.2 Å². The fourth-order valence-corrected chi connectivity index (χ4v) is 3.89. The first-order valence-electron chi connectivity index (χ1n) is 9.11. The smallest absolute Gasteiger partial charge is 0.226 e. The Morgan fingerprint density at radius 3 is 2.92 bits per heavy atom. The second-order valence-corrected chi connectivity index (χ2v) is 7.53. The molecule has 5 nitrogen and oxygen atoms in total. The van der Waals surface area contributed by atoms with Crippen LogP contribution in [0.4, 0.5) is 5.13 Å². The lowest BCUT2D eigenvalue weighted by atomic mass is 10.1. The lowest BCUT2D eigenvalue weighted by Gasteiger charge is -2.13. The van der Waals surface area contributed by atoms with E-state index in [1.165, 1.54) is 24.2 Å². The third kappa shape index (κ3) is 5.53. The van der Waals surface area contributed by atoms with Crippen molar-refractivity contribution in [3.8, 4) is 5.75 Å². The van der Waals surface area contributed by atoms with Crippen LogP contribution in [0.15, 0.2) is 24.3 Å². The predicted octanol–water partition coefficient (Wildman–Crippen LogP) is 4.38. The maximum Gasteiger partial charge on any atom is 0.226 e. The second kappa shape index (κ2) is 8.94. The maximum atomic E-state index is 12.1. The molecule has 2 aromatic rings. The molecule has 0 atom stereocenters. The molecule has 1 saturated carbocycles. The summed E-state index contributed by atoms with van der Waals surface area (Å²) in [7, 11) is 0. The van der Waals surface area contributed by atoms with E-state index in [1.807, 2.05) is 18.2 Å². The van der Waals surface area contributed by atoms with Crippen molar-refractivity contribution in [2.45, 2.75) is 64.4 Å². The van der Waals surface area contributed by atoms with Gasteiger partial charge in [-0.3, -0.25) is 4.79 Å². The average Bonchev–Trinajstić information content (AvgIpc) is 3.26. The zero-order valence-corrected chi connectivity index (χ0v) is 15.5. The van der Waals surface area contributed by atoms with Crippen molar-refractivity contribution in [1.29, 1.82) is 0 Å². The number of hydrogen-bond acceptors (Lipinski definition) is 5. The molecule has 0 bridgehead atoms. The summed E-state index contributed by atoms with van der Waals surface area (Å²) in [6.45, 7) is 2.10. The van der Waals surface area contributed by atoms with Crippen molar-refractivity contribution in [3.63, 3.8) is 0 Å². The van der Waals surface area contributed by atoms with Gasteiger partial charge in [0.1, 0.15) is 10.8 Å². The monoisotopic (exact) mass is 359 g/mol. The number of carbonyl (C=O) groups is 1. The van der Waals surface area contributed by atoms with Gasteiger partial charge in [-0.1, -0.05) is 30.4 Å². The standard InChI is InChI=1S/C19H25N3O2S/c1-2-6-18-21-22-19(25-18)20-17(23)12-11-14-7-5-10-16(13-14)24-15-8-3-4-9-15/h5,7,10,13,15H,2-4,6,8-9,11-12H2,1H3,(H,20,22,23). The van der Waals surface area contributed by atoms with Crippen LogP contribution in [0.1, 0.15) is 56.0 Å². The van der Waals surface area contributed by atoms with Crippen LogP contribution in [0.3, 0.4) is 0 Å². The van der Waals surface area contributed by atoms with Gasteiger partial charge in [-0.25, -0.2) is 0 Å². The maximum absolute atomic E-state index is 12.1.